The molecule has 0 saturated carbocycles. The maximum Gasteiger partial charge on any atom is 0.343 e. The quantitative estimate of drug-likeness (QED) is 0.443. The number of carbonyl (C=O) groups is 1. The summed E-state index contributed by atoms with van der Waals surface area (Å²) >= 11 is 0. The van der Waals surface area contributed by atoms with E-state index in [1.807, 2.05) is 6.92 Å². The Morgan fingerprint density at radius 2 is 1.76 bits per heavy atom. The van der Waals surface area contributed by atoms with Crippen LogP contribution in [0.4, 0.5) is 4.39 Å². The molecule has 2 aromatic carbocycles. The second-order valence-corrected chi connectivity index (χ2v) is 7.04. The van der Waals surface area contributed by atoms with Crippen LogP contribution in [0.1, 0.15) is 55.3 Å². The van der Waals surface area contributed by atoms with Gasteiger partial charge in [0.1, 0.15) is 17.3 Å². The number of benzene rings is 2. The number of hydrogen-bond donors (Lipinski definition) is 0. The van der Waals surface area contributed by atoms with E-state index >= 15 is 0 Å². The van der Waals surface area contributed by atoms with Gasteiger partial charge in [-0.05, 0) is 49.7 Å². The largest absolute Gasteiger partial charge is 0.494 e. The van der Waals surface area contributed by atoms with Gasteiger partial charge in [0.15, 0.2) is 6.29 Å². The van der Waals surface area contributed by atoms with E-state index in [1.165, 1.54) is 12.1 Å². The van der Waals surface area contributed by atoms with Crippen molar-refractivity contribution >= 4 is 5.97 Å². The third-order valence-corrected chi connectivity index (χ3v) is 4.77. The van der Waals surface area contributed by atoms with Crippen molar-refractivity contribution in [3.8, 4) is 11.5 Å². The average molecular weight is 402 g/mol. The molecule has 0 unspecified atom stereocenters. The molecule has 0 radical (unpaired) electrons. The smallest absolute Gasteiger partial charge is 0.343 e. The van der Waals surface area contributed by atoms with Gasteiger partial charge in [0.25, 0.3) is 0 Å². The number of ether oxygens (including phenoxy) is 4. The van der Waals surface area contributed by atoms with Crippen molar-refractivity contribution in [3.63, 3.8) is 0 Å². The van der Waals surface area contributed by atoms with Crippen LogP contribution in [-0.4, -0.2) is 25.8 Å². The first-order chi connectivity index (χ1) is 14.1. The highest BCUT2D eigenvalue weighted by molar-refractivity contribution is 5.91. The summed E-state index contributed by atoms with van der Waals surface area (Å²) in [4.78, 5) is 12.3. The highest BCUT2D eigenvalue weighted by Crippen LogP contribution is 2.29. The average Bonchev–Trinajstić information content (AvgIpc) is 2.74. The van der Waals surface area contributed by atoms with Crippen molar-refractivity contribution in [1.82, 2.24) is 0 Å². The van der Waals surface area contributed by atoms with Crippen LogP contribution in [0.25, 0.3) is 0 Å². The zero-order valence-electron chi connectivity index (χ0n) is 16.9. The molecule has 5 nitrogen and oxygen atoms in total. The fourth-order valence-electron chi connectivity index (χ4n) is 3.16. The van der Waals surface area contributed by atoms with E-state index in [0.717, 1.165) is 25.3 Å². The lowest BCUT2D eigenvalue weighted by Gasteiger charge is -2.29. The summed E-state index contributed by atoms with van der Waals surface area (Å²) in [6.45, 7) is 5.68. The number of esters is 1. The van der Waals surface area contributed by atoms with Gasteiger partial charge in [0, 0.05) is 11.5 Å². The Labute approximate surface area is 170 Å². The number of carbonyl (C=O) groups excluding carboxylic acids is 1. The van der Waals surface area contributed by atoms with Crippen molar-refractivity contribution in [1.29, 1.82) is 0 Å². The molecular formula is C23H27FO5. The van der Waals surface area contributed by atoms with Crippen LogP contribution in [0.3, 0.4) is 0 Å². The van der Waals surface area contributed by atoms with Crippen LogP contribution in [0.5, 0.6) is 11.5 Å². The minimum Gasteiger partial charge on any atom is -0.494 e. The molecule has 6 heteroatoms. The fraction of sp³-hybridized carbons (Fsp3) is 0.435. The van der Waals surface area contributed by atoms with Crippen LogP contribution >= 0.6 is 0 Å². The third-order valence-electron chi connectivity index (χ3n) is 4.77. The molecule has 1 fully saturated rings. The molecule has 0 bridgehead atoms. The molecule has 3 rings (SSSR count). The minimum absolute atomic E-state index is 0.122. The minimum atomic E-state index is -0.746. The van der Waals surface area contributed by atoms with Gasteiger partial charge in [0.05, 0.1) is 25.4 Å². The number of rotatable bonds is 8. The Bertz CT molecular complexity index is 797. The molecule has 0 aromatic heterocycles. The first-order valence-corrected chi connectivity index (χ1v) is 10.1. The maximum atomic E-state index is 14.6. The molecule has 0 amide bonds. The summed E-state index contributed by atoms with van der Waals surface area (Å²) in [6, 6.07) is 10.9. The summed E-state index contributed by atoms with van der Waals surface area (Å²) < 4.78 is 36.6. The molecular weight excluding hydrogens is 375 g/mol. The van der Waals surface area contributed by atoms with Crippen molar-refractivity contribution in [2.24, 2.45) is 5.92 Å². The van der Waals surface area contributed by atoms with E-state index < -0.39 is 18.1 Å². The van der Waals surface area contributed by atoms with Crippen LogP contribution in [0, 0.1) is 11.7 Å². The standard InChI is InChI=1S/C23H27FO5/c1-3-5-6-16-14-27-23(28-15-16)20-12-7-17(13-21(20)24)22(25)29-19-10-8-18(9-11-19)26-4-2/h7-13,16,23H,3-6,14-15H2,1-2H3. The zero-order chi connectivity index (χ0) is 20.6. The second kappa shape index (κ2) is 10.4. The monoisotopic (exact) mass is 402 g/mol. The normalized spacial score (nSPS) is 19.0. The van der Waals surface area contributed by atoms with Crippen molar-refractivity contribution in [2.75, 3.05) is 19.8 Å². The van der Waals surface area contributed by atoms with Crippen LogP contribution < -0.4 is 9.47 Å². The van der Waals surface area contributed by atoms with E-state index in [0.29, 0.717) is 37.2 Å². The number of unbranched alkanes of at least 4 members (excludes halogenated alkanes) is 1. The first kappa shape index (κ1) is 21.3. The Hall–Kier alpha value is -2.44. The van der Waals surface area contributed by atoms with Gasteiger partial charge < -0.3 is 18.9 Å². The van der Waals surface area contributed by atoms with Crippen LogP contribution in [0.15, 0.2) is 42.5 Å². The highest BCUT2D eigenvalue weighted by Gasteiger charge is 2.26. The molecule has 156 valence electrons. The SMILES string of the molecule is CCCCC1COC(c2ccc(C(=O)Oc3ccc(OCC)cc3)cc2F)OC1. The predicted octanol–water partition coefficient (Wildman–Crippen LogP) is 5.30. The molecule has 2 aromatic rings. The van der Waals surface area contributed by atoms with Gasteiger partial charge >= 0.3 is 5.97 Å². The van der Waals surface area contributed by atoms with Crippen molar-refractivity contribution in [3.05, 3.63) is 59.4 Å². The molecule has 1 saturated heterocycles. The van der Waals surface area contributed by atoms with E-state index in [4.69, 9.17) is 18.9 Å². The Morgan fingerprint density at radius 3 is 2.38 bits per heavy atom. The molecule has 0 spiro atoms. The fourth-order valence-corrected chi connectivity index (χ4v) is 3.16. The zero-order valence-corrected chi connectivity index (χ0v) is 16.9. The third kappa shape index (κ3) is 5.78. The van der Waals surface area contributed by atoms with E-state index in [9.17, 15) is 9.18 Å². The number of hydrogen-bond acceptors (Lipinski definition) is 5. The molecule has 1 aliphatic heterocycles. The summed E-state index contributed by atoms with van der Waals surface area (Å²) in [7, 11) is 0. The second-order valence-electron chi connectivity index (χ2n) is 7.04. The van der Waals surface area contributed by atoms with Gasteiger partial charge in [-0.2, -0.15) is 0 Å². The predicted molar refractivity (Wildman–Crippen MR) is 107 cm³/mol. The molecule has 1 aliphatic rings. The lowest BCUT2D eigenvalue weighted by molar-refractivity contribution is -0.207. The molecule has 0 atom stereocenters. The maximum absolute atomic E-state index is 14.6. The van der Waals surface area contributed by atoms with Crippen LogP contribution in [0.2, 0.25) is 0 Å². The van der Waals surface area contributed by atoms with Gasteiger partial charge in [-0.1, -0.05) is 25.8 Å². The van der Waals surface area contributed by atoms with Crippen LogP contribution in [-0.2, 0) is 9.47 Å². The van der Waals surface area contributed by atoms with Crippen molar-refractivity contribution in [2.45, 2.75) is 39.4 Å². The Balaban J connectivity index is 1.59. The Morgan fingerprint density at radius 1 is 1.07 bits per heavy atom. The van der Waals surface area contributed by atoms with Gasteiger partial charge in [-0.3, -0.25) is 0 Å². The molecule has 0 N–H and O–H groups in total. The van der Waals surface area contributed by atoms with Gasteiger partial charge in [-0.25, -0.2) is 9.18 Å². The molecule has 1 heterocycles. The van der Waals surface area contributed by atoms with E-state index in [2.05, 4.69) is 6.92 Å². The first-order valence-electron chi connectivity index (χ1n) is 10.1. The molecule has 0 aliphatic carbocycles. The summed E-state index contributed by atoms with van der Waals surface area (Å²) in [6.07, 6.45) is 2.55. The molecule has 29 heavy (non-hydrogen) atoms. The lowest BCUT2D eigenvalue weighted by atomic mass is 10.0. The van der Waals surface area contributed by atoms with Crippen molar-refractivity contribution < 1.29 is 28.1 Å². The van der Waals surface area contributed by atoms with Gasteiger partial charge in [0.2, 0.25) is 0 Å². The Kier molecular flexibility index (Phi) is 7.61. The topological polar surface area (TPSA) is 54.0 Å². The lowest BCUT2D eigenvalue weighted by Crippen LogP contribution is -2.27. The highest BCUT2D eigenvalue weighted by atomic mass is 19.1. The summed E-state index contributed by atoms with van der Waals surface area (Å²) in [5.41, 5.74) is 0.410. The summed E-state index contributed by atoms with van der Waals surface area (Å²) in [5, 5.41) is 0. The van der Waals surface area contributed by atoms with E-state index in [1.54, 1.807) is 24.3 Å². The van der Waals surface area contributed by atoms with E-state index in [-0.39, 0.29) is 11.1 Å². The summed E-state index contributed by atoms with van der Waals surface area (Å²) in [5.74, 6) is 0.206. The number of halogens is 1. The van der Waals surface area contributed by atoms with Gasteiger partial charge in [-0.15, -0.1) is 0 Å².